The molecule has 2 aliphatic rings. The van der Waals surface area contributed by atoms with Gasteiger partial charge in [0.2, 0.25) is 0 Å². The quantitative estimate of drug-likeness (QED) is 0.856. The molecular weight excluding hydrogens is 232 g/mol. The molecule has 2 aliphatic heterocycles. The monoisotopic (exact) mass is 252 g/mol. The van der Waals surface area contributed by atoms with Gasteiger partial charge in [0.15, 0.2) is 5.82 Å². The Kier molecular flexibility index (Phi) is 3.58. The Morgan fingerprint density at radius 3 is 3.06 bits per heavy atom. The first-order chi connectivity index (χ1) is 8.81. The second-order valence-electron chi connectivity index (χ2n) is 5.03. The third-order valence-corrected chi connectivity index (χ3v) is 3.54. The van der Waals surface area contributed by atoms with E-state index in [9.17, 15) is 0 Å². The number of nitrogens with one attached hydrogen (secondary N) is 1. The molecule has 2 saturated heterocycles. The van der Waals surface area contributed by atoms with Crippen LogP contribution in [0.3, 0.4) is 0 Å². The van der Waals surface area contributed by atoms with Crippen molar-refractivity contribution in [3.63, 3.8) is 0 Å². The highest BCUT2D eigenvalue weighted by atomic mass is 16.5. The topological polar surface area (TPSA) is 63.3 Å². The number of nitrogens with zero attached hydrogens (tertiary/aromatic N) is 3. The van der Waals surface area contributed by atoms with Crippen LogP contribution < -0.4 is 0 Å². The zero-order valence-electron chi connectivity index (χ0n) is 10.8. The zero-order valence-corrected chi connectivity index (χ0v) is 10.8. The van der Waals surface area contributed by atoms with Crippen molar-refractivity contribution in [3.05, 3.63) is 11.6 Å². The standard InChI is InChI=1S/C12H20N4O2/c1-9-13-12(15-14-9)11-8-16(4-6-18-11)7-10-3-2-5-17-10/h10-11H,2-8H2,1H3,(H,13,14,15)/t10-,11+/m0/s1. The van der Waals surface area contributed by atoms with E-state index in [4.69, 9.17) is 9.47 Å². The summed E-state index contributed by atoms with van der Waals surface area (Å²) in [6, 6.07) is 0. The molecule has 18 heavy (non-hydrogen) atoms. The number of morpholine rings is 1. The summed E-state index contributed by atoms with van der Waals surface area (Å²) in [5.74, 6) is 1.61. The minimum atomic E-state index is -0.00916. The van der Waals surface area contributed by atoms with Gasteiger partial charge in [-0.1, -0.05) is 0 Å². The summed E-state index contributed by atoms with van der Waals surface area (Å²) in [4.78, 5) is 6.75. The summed E-state index contributed by atoms with van der Waals surface area (Å²) >= 11 is 0. The second-order valence-corrected chi connectivity index (χ2v) is 5.03. The van der Waals surface area contributed by atoms with E-state index in [1.165, 1.54) is 12.8 Å². The predicted molar refractivity (Wildman–Crippen MR) is 65.2 cm³/mol. The van der Waals surface area contributed by atoms with Crippen LogP contribution in [-0.2, 0) is 9.47 Å². The SMILES string of the molecule is Cc1nc([C@H]2CN(C[C@@H]3CCCO3)CCO2)n[nH]1. The van der Waals surface area contributed by atoms with Crippen LogP contribution in [0.5, 0.6) is 0 Å². The largest absolute Gasteiger partial charge is 0.377 e. The number of H-pyrrole nitrogens is 1. The number of rotatable bonds is 3. The van der Waals surface area contributed by atoms with Crippen molar-refractivity contribution in [1.29, 1.82) is 0 Å². The molecule has 1 aromatic heterocycles. The molecule has 1 N–H and O–H groups in total. The molecule has 2 atom stereocenters. The van der Waals surface area contributed by atoms with Gasteiger partial charge >= 0.3 is 0 Å². The van der Waals surface area contributed by atoms with E-state index in [0.717, 1.165) is 44.5 Å². The molecule has 6 heteroatoms. The van der Waals surface area contributed by atoms with Crippen LogP contribution in [0.2, 0.25) is 0 Å². The molecule has 0 bridgehead atoms. The third-order valence-electron chi connectivity index (χ3n) is 3.54. The van der Waals surface area contributed by atoms with Gasteiger partial charge in [0, 0.05) is 26.2 Å². The van der Waals surface area contributed by atoms with Crippen LogP contribution >= 0.6 is 0 Å². The molecule has 3 rings (SSSR count). The normalized spacial score (nSPS) is 29.8. The van der Waals surface area contributed by atoms with Crippen LogP contribution in [0.25, 0.3) is 0 Å². The molecular formula is C12H20N4O2. The Labute approximate surface area is 107 Å². The van der Waals surface area contributed by atoms with Crippen LogP contribution in [0.1, 0.15) is 30.6 Å². The van der Waals surface area contributed by atoms with Crippen molar-refractivity contribution in [1.82, 2.24) is 20.1 Å². The summed E-state index contributed by atoms with van der Waals surface area (Å²) < 4.78 is 11.4. The van der Waals surface area contributed by atoms with E-state index in [0.29, 0.717) is 6.10 Å². The number of aromatic amines is 1. The Morgan fingerprint density at radius 1 is 1.39 bits per heavy atom. The van der Waals surface area contributed by atoms with Gasteiger partial charge < -0.3 is 9.47 Å². The zero-order chi connectivity index (χ0) is 12.4. The summed E-state index contributed by atoms with van der Waals surface area (Å²) in [5.41, 5.74) is 0. The van der Waals surface area contributed by atoms with Crippen LogP contribution in [0.15, 0.2) is 0 Å². The van der Waals surface area contributed by atoms with E-state index in [-0.39, 0.29) is 6.10 Å². The van der Waals surface area contributed by atoms with Crippen LogP contribution in [0.4, 0.5) is 0 Å². The van der Waals surface area contributed by atoms with Gasteiger partial charge in [-0.05, 0) is 19.8 Å². The first kappa shape index (κ1) is 12.1. The smallest absolute Gasteiger partial charge is 0.180 e. The molecule has 3 heterocycles. The van der Waals surface area contributed by atoms with Crippen LogP contribution in [-0.4, -0.2) is 59.0 Å². The number of aryl methyl sites for hydroxylation is 1. The third kappa shape index (κ3) is 2.71. The van der Waals surface area contributed by atoms with Crippen molar-refractivity contribution < 1.29 is 9.47 Å². The summed E-state index contributed by atoms with van der Waals surface area (Å²) in [6.07, 6.45) is 2.77. The predicted octanol–water partition coefficient (Wildman–Crippen LogP) is 0.665. The number of ether oxygens (including phenoxy) is 2. The summed E-state index contributed by atoms with van der Waals surface area (Å²) in [7, 11) is 0. The minimum Gasteiger partial charge on any atom is -0.377 e. The maximum absolute atomic E-state index is 5.74. The van der Waals surface area contributed by atoms with Crippen molar-refractivity contribution >= 4 is 0 Å². The Balaban J connectivity index is 1.57. The lowest BCUT2D eigenvalue weighted by Gasteiger charge is -2.32. The van der Waals surface area contributed by atoms with E-state index in [1.54, 1.807) is 0 Å². The maximum Gasteiger partial charge on any atom is 0.180 e. The maximum atomic E-state index is 5.74. The summed E-state index contributed by atoms with van der Waals surface area (Å²) in [5, 5.41) is 7.06. The molecule has 6 nitrogen and oxygen atoms in total. The molecule has 0 spiro atoms. The molecule has 0 amide bonds. The van der Waals surface area contributed by atoms with E-state index in [2.05, 4.69) is 20.1 Å². The first-order valence-electron chi connectivity index (χ1n) is 6.66. The van der Waals surface area contributed by atoms with Gasteiger partial charge in [-0.15, -0.1) is 0 Å². The van der Waals surface area contributed by atoms with Gasteiger partial charge in [0.05, 0.1) is 12.7 Å². The summed E-state index contributed by atoms with van der Waals surface area (Å²) in [6.45, 7) is 6.40. The lowest BCUT2D eigenvalue weighted by atomic mass is 10.2. The number of hydrogen-bond acceptors (Lipinski definition) is 5. The Bertz CT molecular complexity index is 389. The second kappa shape index (κ2) is 5.34. The molecule has 0 saturated carbocycles. The van der Waals surface area contributed by atoms with Gasteiger partial charge in [-0.3, -0.25) is 10.00 Å². The highest BCUT2D eigenvalue weighted by Crippen LogP contribution is 2.21. The minimum absolute atomic E-state index is 0.00916. The van der Waals surface area contributed by atoms with Crippen molar-refractivity contribution in [2.24, 2.45) is 0 Å². The number of aromatic nitrogens is 3. The fourth-order valence-electron chi connectivity index (χ4n) is 2.60. The molecule has 100 valence electrons. The lowest BCUT2D eigenvalue weighted by molar-refractivity contribution is -0.0481. The fraction of sp³-hybridized carbons (Fsp3) is 0.833. The molecule has 0 unspecified atom stereocenters. The van der Waals surface area contributed by atoms with Crippen molar-refractivity contribution in [2.45, 2.75) is 32.0 Å². The van der Waals surface area contributed by atoms with E-state index in [1.807, 2.05) is 6.92 Å². The van der Waals surface area contributed by atoms with E-state index < -0.39 is 0 Å². The Hall–Kier alpha value is -0.980. The molecule has 1 aromatic rings. The fourth-order valence-corrected chi connectivity index (χ4v) is 2.60. The average Bonchev–Trinajstić information content (AvgIpc) is 3.01. The highest BCUT2D eigenvalue weighted by molar-refractivity contribution is 4.95. The molecule has 0 aliphatic carbocycles. The van der Waals surface area contributed by atoms with Crippen molar-refractivity contribution in [3.8, 4) is 0 Å². The van der Waals surface area contributed by atoms with E-state index >= 15 is 0 Å². The van der Waals surface area contributed by atoms with Gasteiger partial charge in [-0.2, -0.15) is 5.10 Å². The average molecular weight is 252 g/mol. The van der Waals surface area contributed by atoms with Crippen molar-refractivity contribution in [2.75, 3.05) is 32.8 Å². The number of hydrogen-bond donors (Lipinski definition) is 1. The Morgan fingerprint density at radius 2 is 2.33 bits per heavy atom. The molecule has 2 fully saturated rings. The van der Waals surface area contributed by atoms with Crippen LogP contribution in [0, 0.1) is 6.92 Å². The first-order valence-corrected chi connectivity index (χ1v) is 6.66. The molecule has 0 aromatic carbocycles. The van der Waals surface area contributed by atoms with Gasteiger partial charge in [0.25, 0.3) is 0 Å². The highest BCUT2D eigenvalue weighted by Gasteiger charge is 2.27. The molecule has 0 radical (unpaired) electrons. The lowest BCUT2D eigenvalue weighted by Crippen LogP contribution is -2.42. The van der Waals surface area contributed by atoms with Gasteiger partial charge in [-0.25, -0.2) is 4.98 Å². The van der Waals surface area contributed by atoms with Gasteiger partial charge in [0.1, 0.15) is 11.9 Å².